The number of aryl methyl sites for hydroxylation is 2. The van der Waals surface area contributed by atoms with Crippen molar-refractivity contribution in [3.63, 3.8) is 0 Å². The molecule has 122 valence electrons. The Hall–Kier alpha value is -2.07. The van der Waals surface area contributed by atoms with Crippen LogP contribution in [-0.4, -0.2) is 17.4 Å². The number of hydrogen-bond acceptors (Lipinski definition) is 3. The minimum Gasteiger partial charge on any atom is -0.384 e. The Morgan fingerprint density at radius 1 is 1.26 bits per heavy atom. The van der Waals surface area contributed by atoms with Gasteiger partial charge in [-0.2, -0.15) is 0 Å². The number of halogens is 1. The Bertz CT molecular complexity index is 673. The summed E-state index contributed by atoms with van der Waals surface area (Å²) >= 11 is 6.22. The third kappa shape index (κ3) is 4.70. The number of pyridine rings is 1. The van der Waals surface area contributed by atoms with E-state index >= 15 is 0 Å². The van der Waals surface area contributed by atoms with Crippen LogP contribution in [0.5, 0.6) is 0 Å². The lowest BCUT2D eigenvalue weighted by Gasteiger charge is -2.12. The number of rotatable bonds is 5. The molecule has 0 radical (unpaired) electrons. The second-order valence-electron chi connectivity index (χ2n) is 6.10. The number of amides is 1. The molecule has 0 aliphatic heterocycles. The molecular weight excluding hydrogens is 310 g/mol. The summed E-state index contributed by atoms with van der Waals surface area (Å²) in [5.41, 5.74) is 3.88. The monoisotopic (exact) mass is 331 g/mol. The summed E-state index contributed by atoms with van der Waals surface area (Å²) in [7, 11) is 0. The quantitative estimate of drug-likeness (QED) is 0.837. The normalized spacial score (nSPS) is 10.7. The van der Waals surface area contributed by atoms with Crippen molar-refractivity contribution in [2.24, 2.45) is 5.92 Å². The topological polar surface area (TPSA) is 54.0 Å². The summed E-state index contributed by atoms with van der Waals surface area (Å²) in [4.78, 5) is 16.5. The Morgan fingerprint density at radius 3 is 2.57 bits per heavy atom. The average molecular weight is 332 g/mol. The van der Waals surface area contributed by atoms with Crippen molar-refractivity contribution in [2.75, 3.05) is 17.2 Å². The molecule has 2 N–H and O–H groups in total. The van der Waals surface area contributed by atoms with E-state index in [1.807, 2.05) is 32.0 Å². The van der Waals surface area contributed by atoms with Gasteiger partial charge in [-0.15, -0.1) is 0 Å². The summed E-state index contributed by atoms with van der Waals surface area (Å²) < 4.78 is 0. The highest BCUT2D eigenvalue weighted by molar-refractivity contribution is 6.34. The minimum absolute atomic E-state index is 0.269. The largest absolute Gasteiger partial charge is 0.384 e. The Balaban J connectivity index is 2.09. The number of benzene rings is 1. The van der Waals surface area contributed by atoms with E-state index in [-0.39, 0.29) is 5.91 Å². The number of hydrogen-bond donors (Lipinski definition) is 2. The Morgan fingerprint density at radius 2 is 2.00 bits per heavy atom. The van der Waals surface area contributed by atoms with E-state index in [1.165, 1.54) is 0 Å². The zero-order valence-electron chi connectivity index (χ0n) is 13.9. The fourth-order valence-corrected chi connectivity index (χ4v) is 2.57. The molecule has 1 aromatic carbocycles. The maximum atomic E-state index is 12.3. The molecular formula is C18H22ClN3O. The van der Waals surface area contributed by atoms with Gasteiger partial charge in [0.05, 0.1) is 22.6 Å². The van der Waals surface area contributed by atoms with Crippen molar-refractivity contribution < 1.29 is 4.79 Å². The number of nitrogens with one attached hydrogen (secondary N) is 2. The van der Waals surface area contributed by atoms with E-state index in [1.54, 1.807) is 12.3 Å². The summed E-state index contributed by atoms with van der Waals surface area (Å²) in [6.45, 7) is 9.02. The van der Waals surface area contributed by atoms with Crippen LogP contribution in [0.1, 0.15) is 35.5 Å². The second-order valence-corrected chi connectivity index (χ2v) is 6.51. The number of anilines is 2. The first-order chi connectivity index (χ1) is 10.9. The molecule has 0 saturated heterocycles. The van der Waals surface area contributed by atoms with Crippen molar-refractivity contribution in [1.82, 2.24) is 4.98 Å². The van der Waals surface area contributed by atoms with Crippen molar-refractivity contribution >= 4 is 28.9 Å². The average Bonchev–Trinajstić information content (AvgIpc) is 2.49. The van der Waals surface area contributed by atoms with Crippen LogP contribution in [-0.2, 0) is 0 Å². The molecule has 1 heterocycles. The molecule has 4 nitrogen and oxygen atoms in total. The summed E-state index contributed by atoms with van der Waals surface area (Å²) in [6, 6.07) is 7.37. The zero-order chi connectivity index (χ0) is 17.0. The van der Waals surface area contributed by atoms with E-state index < -0.39 is 0 Å². The van der Waals surface area contributed by atoms with Crippen molar-refractivity contribution in [2.45, 2.75) is 27.7 Å². The highest BCUT2D eigenvalue weighted by Gasteiger charge is 2.12. The molecule has 2 aromatic rings. The van der Waals surface area contributed by atoms with Crippen LogP contribution in [0.25, 0.3) is 0 Å². The molecule has 0 saturated carbocycles. The lowest BCUT2D eigenvalue weighted by atomic mass is 10.1. The van der Waals surface area contributed by atoms with Crippen LogP contribution in [0.4, 0.5) is 11.4 Å². The number of carbonyl (C=O) groups excluding carboxylic acids is 1. The van der Waals surface area contributed by atoms with Gasteiger partial charge in [-0.05, 0) is 49.1 Å². The number of carbonyl (C=O) groups is 1. The highest BCUT2D eigenvalue weighted by Crippen LogP contribution is 2.27. The molecule has 0 bridgehead atoms. The molecule has 0 unspecified atom stereocenters. The standard InChI is InChI=1S/C18H22ClN3O/c1-11(2)9-20-14-5-6-16(21-10-14)18(23)22-17-13(4)7-12(3)8-15(17)19/h5-8,10-11,20H,9H2,1-4H3,(H,22,23). The van der Waals surface area contributed by atoms with Crippen molar-refractivity contribution in [1.29, 1.82) is 0 Å². The van der Waals surface area contributed by atoms with Crippen LogP contribution >= 0.6 is 11.6 Å². The second kappa shape index (κ2) is 7.47. The van der Waals surface area contributed by atoms with Gasteiger partial charge in [-0.25, -0.2) is 4.98 Å². The van der Waals surface area contributed by atoms with Gasteiger partial charge in [0, 0.05) is 6.54 Å². The van der Waals surface area contributed by atoms with Gasteiger partial charge in [0.1, 0.15) is 5.69 Å². The lowest BCUT2D eigenvalue weighted by Crippen LogP contribution is -2.15. The third-order valence-corrected chi connectivity index (χ3v) is 3.68. The van der Waals surface area contributed by atoms with E-state index in [4.69, 9.17) is 11.6 Å². The van der Waals surface area contributed by atoms with E-state index in [0.29, 0.717) is 22.3 Å². The Kier molecular flexibility index (Phi) is 5.61. The van der Waals surface area contributed by atoms with Gasteiger partial charge < -0.3 is 10.6 Å². The number of nitrogens with zero attached hydrogens (tertiary/aromatic N) is 1. The van der Waals surface area contributed by atoms with E-state index in [2.05, 4.69) is 29.5 Å². The van der Waals surface area contributed by atoms with Crippen LogP contribution in [0, 0.1) is 19.8 Å². The summed E-state index contributed by atoms with van der Waals surface area (Å²) in [6.07, 6.45) is 1.67. The third-order valence-electron chi connectivity index (χ3n) is 3.38. The van der Waals surface area contributed by atoms with Gasteiger partial charge in [-0.3, -0.25) is 4.79 Å². The molecule has 23 heavy (non-hydrogen) atoms. The van der Waals surface area contributed by atoms with Gasteiger partial charge in [0.2, 0.25) is 0 Å². The molecule has 0 aliphatic rings. The maximum Gasteiger partial charge on any atom is 0.274 e. The predicted molar refractivity (Wildman–Crippen MR) is 96.4 cm³/mol. The molecule has 1 aromatic heterocycles. The van der Waals surface area contributed by atoms with E-state index in [9.17, 15) is 4.79 Å². The summed E-state index contributed by atoms with van der Waals surface area (Å²) in [5, 5.41) is 6.64. The van der Waals surface area contributed by atoms with Gasteiger partial charge in [0.25, 0.3) is 5.91 Å². The van der Waals surface area contributed by atoms with Crippen LogP contribution < -0.4 is 10.6 Å². The predicted octanol–water partition coefficient (Wildman–Crippen LogP) is 4.67. The van der Waals surface area contributed by atoms with Crippen LogP contribution in [0.3, 0.4) is 0 Å². The van der Waals surface area contributed by atoms with E-state index in [0.717, 1.165) is 23.4 Å². The SMILES string of the molecule is Cc1cc(C)c(NC(=O)c2ccc(NCC(C)C)cn2)c(Cl)c1. The van der Waals surface area contributed by atoms with Gasteiger partial charge in [-0.1, -0.05) is 31.5 Å². The molecule has 0 fully saturated rings. The summed E-state index contributed by atoms with van der Waals surface area (Å²) in [5.74, 6) is 0.277. The fraction of sp³-hybridized carbons (Fsp3) is 0.333. The minimum atomic E-state index is -0.269. The zero-order valence-corrected chi connectivity index (χ0v) is 14.7. The van der Waals surface area contributed by atoms with Crippen LogP contribution in [0.15, 0.2) is 30.5 Å². The van der Waals surface area contributed by atoms with Gasteiger partial charge >= 0.3 is 0 Å². The van der Waals surface area contributed by atoms with Crippen molar-refractivity contribution in [3.05, 3.63) is 52.3 Å². The number of aromatic nitrogens is 1. The smallest absolute Gasteiger partial charge is 0.274 e. The van der Waals surface area contributed by atoms with Gasteiger partial charge in [0.15, 0.2) is 0 Å². The molecule has 0 atom stereocenters. The first kappa shape index (κ1) is 17.3. The lowest BCUT2D eigenvalue weighted by molar-refractivity contribution is 0.102. The first-order valence-electron chi connectivity index (χ1n) is 7.65. The maximum absolute atomic E-state index is 12.3. The highest BCUT2D eigenvalue weighted by atomic mass is 35.5. The first-order valence-corrected chi connectivity index (χ1v) is 8.02. The van der Waals surface area contributed by atoms with Crippen molar-refractivity contribution in [3.8, 4) is 0 Å². The Labute approximate surface area is 142 Å². The van der Waals surface area contributed by atoms with Crippen LogP contribution in [0.2, 0.25) is 5.02 Å². The fourth-order valence-electron chi connectivity index (χ4n) is 2.21. The molecule has 1 amide bonds. The molecule has 5 heteroatoms. The molecule has 0 spiro atoms. The molecule has 0 aliphatic carbocycles. The molecule has 2 rings (SSSR count).